The fourth-order valence-corrected chi connectivity index (χ4v) is 1.44. The number of Topliss-reactive ketones (excluding diaryl/α,β-unsaturated/α-hetero) is 1. The highest BCUT2D eigenvalue weighted by Crippen LogP contribution is 2.23. The zero-order valence-corrected chi connectivity index (χ0v) is 6.34. The van der Waals surface area contributed by atoms with Crippen molar-refractivity contribution in [2.75, 3.05) is 0 Å². The zero-order chi connectivity index (χ0) is 7.56. The molecule has 1 rings (SSSR count). The van der Waals surface area contributed by atoms with Crippen LogP contribution in [0.25, 0.3) is 0 Å². The standard InChI is InChI=1S/C8H14O2/c1-6(9)7-2-4-8(10)5-3-7/h6-7,9H,2-5H2,1H3/t6-/m0/s1. The van der Waals surface area contributed by atoms with Crippen molar-refractivity contribution < 1.29 is 9.90 Å². The normalized spacial score (nSPS) is 24.8. The Morgan fingerprint density at radius 2 is 2.00 bits per heavy atom. The third kappa shape index (κ3) is 1.81. The van der Waals surface area contributed by atoms with E-state index >= 15 is 0 Å². The van der Waals surface area contributed by atoms with Crippen LogP contribution < -0.4 is 0 Å². The van der Waals surface area contributed by atoms with Gasteiger partial charge in [-0.3, -0.25) is 4.79 Å². The first kappa shape index (κ1) is 7.73. The second-order valence-corrected chi connectivity index (χ2v) is 3.12. The van der Waals surface area contributed by atoms with Crippen LogP contribution in [-0.2, 0) is 4.79 Å². The topological polar surface area (TPSA) is 37.3 Å². The molecular weight excluding hydrogens is 128 g/mol. The van der Waals surface area contributed by atoms with Crippen molar-refractivity contribution in [1.29, 1.82) is 0 Å². The van der Waals surface area contributed by atoms with Gasteiger partial charge in [-0.15, -0.1) is 0 Å². The Kier molecular flexibility index (Phi) is 2.44. The largest absolute Gasteiger partial charge is 0.393 e. The van der Waals surface area contributed by atoms with Crippen molar-refractivity contribution >= 4 is 5.78 Å². The van der Waals surface area contributed by atoms with Crippen LogP contribution in [-0.4, -0.2) is 17.0 Å². The summed E-state index contributed by atoms with van der Waals surface area (Å²) < 4.78 is 0. The van der Waals surface area contributed by atoms with Crippen LogP contribution in [0.4, 0.5) is 0 Å². The molecule has 0 amide bonds. The molecular formula is C8H14O2. The second kappa shape index (κ2) is 3.15. The van der Waals surface area contributed by atoms with Crippen molar-refractivity contribution in [1.82, 2.24) is 0 Å². The highest BCUT2D eigenvalue weighted by molar-refractivity contribution is 5.79. The zero-order valence-electron chi connectivity index (χ0n) is 6.34. The molecule has 58 valence electrons. The summed E-state index contributed by atoms with van der Waals surface area (Å²) in [4.78, 5) is 10.7. The van der Waals surface area contributed by atoms with E-state index in [9.17, 15) is 4.79 Å². The molecule has 1 fully saturated rings. The van der Waals surface area contributed by atoms with Crippen molar-refractivity contribution in [2.24, 2.45) is 5.92 Å². The van der Waals surface area contributed by atoms with Gasteiger partial charge < -0.3 is 5.11 Å². The quantitative estimate of drug-likeness (QED) is 0.595. The first-order valence-corrected chi connectivity index (χ1v) is 3.90. The first-order valence-electron chi connectivity index (χ1n) is 3.90. The van der Waals surface area contributed by atoms with Gasteiger partial charge in [0.2, 0.25) is 0 Å². The molecule has 0 aromatic rings. The van der Waals surface area contributed by atoms with E-state index < -0.39 is 0 Å². The fourth-order valence-electron chi connectivity index (χ4n) is 1.44. The predicted molar refractivity (Wildman–Crippen MR) is 38.6 cm³/mol. The first-order chi connectivity index (χ1) is 4.70. The monoisotopic (exact) mass is 142 g/mol. The highest BCUT2D eigenvalue weighted by atomic mass is 16.3. The van der Waals surface area contributed by atoms with Crippen LogP contribution in [0.3, 0.4) is 0 Å². The number of hydrogen-bond donors (Lipinski definition) is 1. The number of rotatable bonds is 1. The van der Waals surface area contributed by atoms with Crippen LogP contribution >= 0.6 is 0 Å². The maximum absolute atomic E-state index is 10.7. The Morgan fingerprint density at radius 3 is 2.40 bits per heavy atom. The molecule has 2 heteroatoms. The number of ketones is 1. The molecule has 1 saturated carbocycles. The molecule has 0 spiro atoms. The third-order valence-electron chi connectivity index (χ3n) is 2.27. The van der Waals surface area contributed by atoms with Gasteiger partial charge in [0.1, 0.15) is 5.78 Å². The summed E-state index contributed by atoms with van der Waals surface area (Å²) in [6.45, 7) is 1.81. The molecule has 0 heterocycles. The molecule has 1 N–H and O–H groups in total. The average Bonchev–Trinajstić information content (AvgIpc) is 1.88. The molecule has 1 aliphatic carbocycles. The molecule has 0 aromatic carbocycles. The van der Waals surface area contributed by atoms with E-state index in [1.807, 2.05) is 0 Å². The Morgan fingerprint density at radius 1 is 1.50 bits per heavy atom. The van der Waals surface area contributed by atoms with Crippen LogP contribution in [0.1, 0.15) is 32.6 Å². The summed E-state index contributed by atoms with van der Waals surface area (Å²) in [5.41, 5.74) is 0. The molecule has 0 bridgehead atoms. The van der Waals surface area contributed by atoms with E-state index in [-0.39, 0.29) is 6.10 Å². The van der Waals surface area contributed by atoms with Crippen molar-refractivity contribution in [2.45, 2.75) is 38.7 Å². The molecule has 0 aliphatic heterocycles. The predicted octanol–water partition coefficient (Wildman–Crippen LogP) is 1.13. The number of carbonyl (C=O) groups excluding carboxylic acids is 1. The minimum absolute atomic E-state index is 0.229. The summed E-state index contributed by atoms with van der Waals surface area (Å²) in [5, 5.41) is 9.15. The van der Waals surface area contributed by atoms with E-state index in [0.29, 0.717) is 24.5 Å². The highest BCUT2D eigenvalue weighted by Gasteiger charge is 2.21. The van der Waals surface area contributed by atoms with Crippen LogP contribution in [0, 0.1) is 5.92 Å². The summed E-state index contributed by atoms with van der Waals surface area (Å²) in [6, 6.07) is 0. The lowest BCUT2D eigenvalue weighted by atomic mass is 9.85. The average molecular weight is 142 g/mol. The lowest BCUT2D eigenvalue weighted by Crippen LogP contribution is -2.22. The van der Waals surface area contributed by atoms with Gasteiger partial charge >= 0.3 is 0 Å². The van der Waals surface area contributed by atoms with Gasteiger partial charge in [-0.05, 0) is 25.7 Å². The van der Waals surface area contributed by atoms with Crippen molar-refractivity contribution in [3.63, 3.8) is 0 Å². The minimum Gasteiger partial charge on any atom is -0.393 e. The molecule has 0 unspecified atom stereocenters. The molecule has 2 nitrogen and oxygen atoms in total. The molecule has 1 aliphatic rings. The summed E-state index contributed by atoms with van der Waals surface area (Å²) in [5.74, 6) is 0.731. The molecule has 0 aromatic heterocycles. The van der Waals surface area contributed by atoms with Gasteiger partial charge in [-0.1, -0.05) is 0 Å². The van der Waals surface area contributed by atoms with Crippen LogP contribution in [0.15, 0.2) is 0 Å². The summed E-state index contributed by atoms with van der Waals surface area (Å²) in [7, 11) is 0. The van der Waals surface area contributed by atoms with Gasteiger partial charge in [0.15, 0.2) is 0 Å². The van der Waals surface area contributed by atoms with E-state index in [4.69, 9.17) is 5.11 Å². The van der Waals surface area contributed by atoms with Crippen molar-refractivity contribution in [3.8, 4) is 0 Å². The number of aliphatic hydroxyl groups excluding tert-OH is 1. The SMILES string of the molecule is C[C@H](O)C1CCC(=O)CC1. The molecule has 0 saturated heterocycles. The number of aliphatic hydroxyl groups is 1. The second-order valence-electron chi connectivity index (χ2n) is 3.12. The van der Waals surface area contributed by atoms with Gasteiger partial charge in [-0.2, -0.15) is 0 Å². The summed E-state index contributed by atoms with van der Waals surface area (Å²) in [6.07, 6.45) is 2.89. The van der Waals surface area contributed by atoms with Gasteiger partial charge in [0, 0.05) is 12.8 Å². The smallest absolute Gasteiger partial charge is 0.132 e. The number of hydrogen-bond acceptors (Lipinski definition) is 2. The Balaban J connectivity index is 2.33. The molecule has 10 heavy (non-hydrogen) atoms. The molecule has 0 radical (unpaired) electrons. The van der Waals surface area contributed by atoms with Gasteiger partial charge in [0.05, 0.1) is 6.10 Å². The molecule has 1 atom stereocenters. The third-order valence-corrected chi connectivity index (χ3v) is 2.27. The maximum Gasteiger partial charge on any atom is 0.132 e. The lowest BCUT2D eigenvalue weighted by molar-refractivity contribution is -0.121. The van der Waals surface area contributed by atoms with E-state index in [2.05, 4.69) is 0 Å². The number of carbonyl (C=O) groups is 1. The Labute approximate surface area is 61.2 Å². The van der Waals surface area contributed by atoms with E-state index in [1.165, 1.54) is 0 Å². The lowest BCUT2D eigenvalue weighted by Gasteiger charge is -2.22. The maximum atomic E-state index is 10.7. The van der Waals surface area contributed by atoms with E-state index in [1.54, 1.807) is 6.92 Å². The van der Waals surface area contributed by atoms with Gasteiger partial charge in [-0.25, -0.2) is 0 Å². The fraction of sp³-hybridized carbons (Fsp3) is 0.875. The van der Waals surface area contributed by atoms with Crippen LogP contribution in [0.2, 0.25) is 0 Å². The van der Waals surface area contributed by atoms with Crippen LogP contribution in [0.5, 0.6) is 0 Å². The van der Waals surface area contributed by atoms with Crippen molar-refractivity contribution in [3.05, 3.63) is 0 Å². The Bertz CT molecular complexity index is 119. The van der Waals surface area contributed by atoms with E-state index in [0.717, 1.165) is 12.8 Å². The summed E-state index contributed by atoms with van der Waals surface area (Å²) >= 11 is 0. The Hall–Kier alpha value is -0.370. The van der Waals surface area contributed by atoms with Gasteiger partial charge in [0.25, 0.3) is 0 Å². The minimum atomic E-state index is -0.229.